The molecule has 1 aliphatic heterocycles. The summed E-state index contributed by atoms with van der Waals surface area (Å²) in [5.74, 6) is 1.35. The molecule has 2 N–H and O–H groups in total. The highest BCUT2D eigenvalue weighted by atomic mass is 16.5. The Hall–Kier alpha value is -1.36. The molecular formula is C11H18N4O. The van der Waals surface area contributed by atoms with E-state index >= 15 is 0 Å². The van der Waals surface area contributed by atoms with Crippen molar-refractivity contribution in [3.63, 3.8) is 0 Å². The highest BCUT2D eigenvalue weighted by molar-refractivity contribution is 5.26. The second kappa shape index (κ2) is 5.65. The molecule has 0 aliphatic carbocycles. The summed E-state index contributed by atoms with van der Waals surface area (Å²) < 4.78 is 4.99. The van der Waals surface area contributed by atoms with E-state index in [9.17, 15) is 0 Å². The zero-order chi connectivity index (χ0) is 11.2. The molecule has 1 aromatic rings. The molecule has 0 amide bonds. The molecule has 5 nitrogen and oxygen atoms in total. The van der Waals surface area contributed by atoms with E-state index in [-0.39, 0.29) is 0 Å². The van der Waals surface area contributed by atoms with Crippen molar-refractivity contribution in [1.29, 1.82) is 0 Å². The van der Waals surface area contributed by atoms with Crippen LogP contribution in [0.2, 0.25) is 0 Å². The first-order chi connectivity index (χ1) is 7.88. The van der Waals surface area contributed by atoms with Gasteiger partial charge in [-0.3, -0.25) is 0 Å². The summed E-state index contributed by atoms with van der Waals surface area (Å²) in [5.41, 5.74) is 0. The summed E-state index contributed by atoms with van der Waals surface area (Å²) in [7, 11) is 1.61. The van der Waals surface area contributed by atoms with E-state index in [1.807, 2.05) is 0 Å². The largest absolute Gasteiger partial charge is 0.494 e. The molecule has 5 heteroatoms. The fraction of sp³-hybridized carbons (Fsp3) is 0.636. The first-order valence-electron chi connectivity index (χ1n) is 5.72. The van der Waals surface area contributed by atoms with Crippen LogP contribution in [-0.2, 0) is 0 Å². The molecular weight excluding hydrogens is 204 g/mol. The summed E-state index contributed by atoms with van der Waals surface area (Å²) in [5, 5.41) is 6.67. The monoisotopic (exact) mass is 222 g/mol. The molecule has 88 valence electrons. The van der Waals surface area contributed by atoms with Gasteiger partial charge in [0.2, 0.25) is 5.95 Å². The number of hydrogen-bond acceptors (Lipinski definition) is 5. The highest BCUT2D eigenvalue weighted by Gasteiger charge is 2.12. The van der Waals surface area contributed by atoms with Crippen LogP contribution in [-0.4, -0.2) is 36.2 Å². The molecule has 2 rings (SSSR count). The minimum atomic E-state index is 0.658. The quantitative estimate of drug-likeness (QED) is 0.779. The molecule has 0 bridgehead atoms. The fourth-order valence-corrected chi connectivity index (χ4v) is 1.87. The van der Waals surface area contributed by atoms with Gasteiger partial charge in [-0.05, 0) is 25.8 Å². The maximum Gasteiger partial charge on any atom is 0.222 e. The van der Waals surface area contributed by atoms with E-state index in [1.165, 1.54) is 12.8 Å². The Morgan fingerprint density at radius 1 is 1.50 bits per heavy atom. The predicted molar refractivity (Wildman–Crippen MR) is 62.7 cm³/mol. The van der Waals surface area contributed by atoms with Gasteiger partial charge in [-0.15, -0.1) is 0 Å². The fourth-order valence-electron chi connectivity index (χ4n) is 1.87. The number of aromatic nitrogens is 2. The van der Waals surface area contributed by atoms with Crippen molar-refractivity contribution in [2.75, 3.05) is 25.5 Å². The molecule has 1 fully saturated rings. The Balaban J connectivity index is 1.71. The van der Waals surface area contributed by atoms with Crippen LogP contribution >= 0.6 is 0 Å². The zero-order valence-electron chi connectivity index (χ0n) is 9.57. The molecule has 0 radical (unpaired) electrons. The lowest BCUT2D eigenvalue weighted by atomic mass is 10.1. The maximum absolute atomic E-state index is 4.99. The number of methoxy groups -OCH3 is 1. The highest BCUT2D eigenvalue weighted by Crippen LogP contribution is 2.10. The second-order valence-corrected chi connectivity index (χ2v) is 3.96. The summed E-state index contributed by atoms with van der Waals surface area (Å²) in [6.07, 6.45) is 7.04. The smallest absolute Gasteiger partial charge is 0.222 e. The van der Waals surface area contributed by atoms with Gasteiger partial charge in [0.25, 0.3) is 0 Å². The van der Waals surface area contributed by atoms with Crippen molar-refractivity contribution in [2.24, 2.45) is 0 Å². The van der Waals surface area contributed by atoms with Crippen LogP contribution in [0, 0.1) is 0 Å². The van der Waals surface area contributed by atoms with Crippen molar-refractivity contribution in [3.05, 3.63) is 12.4 Å². The van der Waals surface area contributed by atoms with Gasteiger partial charge in [0, 0.05) is 12.6 Å². The van der Waals surface area contributed by atoms with Crippen molar-refractivity contribution >= 4 is 5.95 Å². The third-order valence-corrected chi connectivity index (χ3v) is 2.80. The SMILES string of the molecule is COc1cnc(NCC[C@@H]2CCCN2)nc1. The Labute approximate surface area is 95.6 Å². The van der Waals surface area contributed by atoms with Crippen LogP contribution in [0.3, 0.4) is 0 Å². The van der Waals surface area contributed by atoms with Crippen LogP contribution in [0.5, 0.6) is 5.75 Å². The van der Waals surface area contributed by atoms with Gasteiger partial charge >= 0.3 is 0 Å². The van der Waals surface area contributed by atoms with Crippen LogP contribution in [0.1, 0.15) is 19.3 Å². The minimum Gasteiger partial charge on any atom is -0.494 e. The van der Waals surface area contributed by atoms with Crippen LogP contribution < -0.4 is 15.4 Å². The Kier molecular flexibility index (Phi) is 3.93. The molecule has 2 heterocycles. The lowest BCUT2D eigenvalue weighted by Crippen LogP contribution is -2.24. The Morgan fingerprint density at radius 2 is 2.31 bits per heavy atom. The number of hydrogen-bond donors (Lipinski definition) is 2. The molecule has 0 aromatic carbocycles. The summed E-state index contributed by atoms with van der Waals surface area (Å²) in [6, 6.07) is 0.658. The first-order valence-corrected chi connectivity index (χ1v) is 5.72. The van der Waals surface area contributed by atoms with Crippen molar-refractivity contribution < 1.29 is 4.74 Å². The average molecular weight is 222 g/mol. The first kappa shape index (κ1) is 11.1. The number of nitrogens with one attached hydrogen (secondary N) is 2. The van der Waals surface area contributed by atoms with Gasteiger partial charge in [0.05, 0.1) is 19.5 Å². The molecule has 1 atom stereocenters. The third-order valence-electron chi connectivity index (χ3n) is 2.80. The van der Waals surface area contributed by atoms with Gasteiger partial charge in [0.1, 0.15) is 0 Å². The van der Waals surface area contributed by atoms with Crippen molar-refractivity contribution in [1.82, 2.24) is 15.3 Å². The number of anilines is 1. The van der Waals surface area contributed by atoms with E-state index in [0.29, 0.717) is 17.7 Å². The van der Waals surface area contributed by atoms with Gasteiger partial charge in [-0.2, -0.15) is 0 Å². The summed E-state index contributed by atoms with van der Waals surface area (Å²) >= 11 is 0. The Morgan fingerprint density at radius 3 is 2.94 bits per heavy atom. The second-order valence-electron chi connectivity index (χ2n) is 3.96. The normalized spacial score (nSPS) is 19.7. The average Bonchev–Trinajstić information content (AvgIpc) is 2.83. The summed E-state index contributed by atoms with van der Waals surface area (Å²) in [4.78, 5) is 8.29. The van der Waals surface area contributed by atoms with Crippen LogP contribution in [0.4, 0.5) is 5.95 Å². The molecule has 0 unspecified atom stereocenters. The van der Waals surface area contributed by atoms with Gasteiger partial charge in [0.15, 0.2) is 5.75 Å². The lowest BCUT2D eigenvalue weighted by molar-refractivity contribution is 0.411. The lowest BCUT2D eigenvalue weighted by Gasteiger charge is -2.10. The van der Waals surface area contributed by atoms with Crippen molar-refractivity contribution in [3.8, 4) is 5.75 Å². The molecule has 1 aliphatic rings. The number of ether oxygens (including phenoxy) is 1. The van der Waals surface area contributed by atoms with E-state index < -0.39 is 0 Å². The number of rotatable bonds is 5. The van der Waals surface area contributed by atoms with E-state index in [4.69, 9.17) is 4.74 Å². The zero-order valence-corrected chi connectivity index (χ0v) is 9.57. The topological polar surface area (TPSA) is 59.1 Å². The van der Waals surface area contributed by atoms with E-state index in [0.717, 1.165) is 19.5 Å². The molecule has 1 aromatic heterocycles. The Bertz CT molecular complexity index is 308. The van der Waals surface area contributed by atoms with Gasteiger partial charge in [-0.25, -0.2) is 9.97 Å². The van der Waals surface area contributed by atoms with Crippen LogP contribution in [0.25, 0.3) is 0 Å². The van der Waals surface area contributed by atoms with E-state index in [2.05, 4.69) is 20.6 Å². The maximum atomic E-state index is 4.99. The van der Waals surface area contributed by atoms with E-state index in [1.54, 1.807) is 19.5 Å². The van der Waals surface area contributed by atoms with Gasteiger partial charge < -0.3 is 15.4 Å². The minimum absolute atomic E-state index is 0.658. The standard InChI is InChI=1S/C11H18N4O/c1-16-10-7-14-11(15-8-10)13-6-4-9-3-2-5-12-9/h7-9,12H,2-6H2,1H3,(H,13,14,15)/t9-/m0/s1. The van der Waals surface area contributed by atoms with Crippen molar-refractivity contribution in [2.45, 2.75) is 25.3 Å². The third kappa shape index (κ3) is 3.06. The number of nitrogens with zero attached hydrogens (tertiary/aromatic N) is 2. The predicted octanol–water partition coefficient (Wildman–Crippen LogP) is 1.04. The van der Waals surface area contributed by atoms with Crippen LogP contribution in [0.15, 0.2) is 12.4 Å². The molecule has 0 spiro atoms. The van der Waals surface area contributed by atoms with Gasteiger partial charge in [-0.1, -0.05) is 0 Å². The summed E-state index contributed by atoms with van der Waals surface area (Å²) in [6.45, 7) is 2.06. The molecule has 16 heavy (non-hydrogen) atoms. The molecule has 0 saturated carbocycles. The molecule has 1 saturated heterocycles.